The van der Waals surface area contributed by atoms with Crippen molar-refractivity contribution < 1.29 is 9.53 Å². The third kappa shape index (κ3) is 4.03. The number of hydrogen-bond acceptors (Lipinski definition) is 6. The molecule has 1 atom stereocenters. The average Bonchev–Trinajstić information content (AvgIpc) is 3.04. The second kappa shape index (κ2) is 7.31. The predicted molar refractivity (Wildman–Crippen MR) is 107 cm³/mol. The molecule has 1 aliphatic carbocycles. The van der Waals surface area contributed by atoms with E-state index in [2.05, 4.69) is 31.1 Å². The summed E-state index contributed by atoms with van der Waals surface area (Å²) in [5.74, 6) is 0.331. The second-order valence-corrected chi connectivity index (χ2v) is 9.12. The van der Waals surface area contributed by atoms with Crippen LogP contribution in [0.5, 0.6) is 0 Å². The highest BCUT2D eigenvalue weighted by Crippen LogP contribution is 2.39. The summed E-state index contributed by atoms with van der Waals surface area (Å²) < 4.78 is 6.57. The van der Waals surface area contributed by atoms with Gasteiger partial charge in [-0.15, -0.1) is 11.3 Å². The number of nitrogens with zero attached hydrogens (tertiary/aromatic N) is 1. The van der Waals surface area contributed by atoms with Crippen LogP contribution in [0.2, 0.25) is 0 Å². The summed E-state index contributed by atoms with van der Waals surface area (Å²) in [5, 5.41) is 5.67. The third-order valence-corrected chi connectivity index (χ3v) is 6.07. The zero-order chi connectivity index (χ0) is 18.9. The standard InChI is InChI=1S/C19H28N4O2S/c1-19(2,3)17(25-18(21)24)11-4-6-12(7-5-11)23-15-13(20)10-22-14-8-9-26-16(14)15/h8-12,17H,4-7,20H2,1-3H3,(H2,21,24)(H,22,23)/t11-,12-,17?. The number of fused-ring (bicyclic) bond motifs is 1. The molecule has 2 aromatic heterocycles. The van der Waals surface area contributed by atoms with Crippen molar-refractivity contribution in [1.82, 2.24) is 4.98 Å². The topological polar surface area (TPSA) is 103 Å². The molecule has 142 valence electrons. The molecular formula is C19H28N4O2S. The van der Waals surface area contributed by atoms with E-state index in [-0.39, 0.29) is 11.5 Å². The lowest BCUT2D eigenvalue weighted by molar-refractivity contribution is -0.0156. The molecule has 0 aromatic carbocycles. The molecule has 2 aromatic rings. The molecule has 0 aliphatic heterocycles. The highest BCUT2D eigenvalue weighted by molar-refractivity contribution is 7.17. The molecule has 1 aliphatic rings. The Morgan fingerprint density at radius 1 is 1.35 bits per heavy atom. The number of hydrogen-bond donors (Lipinski definition) is 3. The highest BCUT2D eigenvalue weighted by atomic mass is 32.1. The Hall–Kier alpha value is -2.02. The maximum Gasteiger partial charge on any atom is 0.404 e. The molecule has 1 unspecified atom stereocenters. The van der Waals surface area contributed by atoms with Crippen LogP contribution in [0.15, 0.2) is 17.6 Å². The van der Waals surface area contributed by atoms with E-state index in [0.717, 1.165) is 41.6 Å². The van der Waals surface area contributed by atoms with Gasteiger partial charge in [0.2, 0.25) is 0 Å². The first-order chi connectivity index (χ1) is 12.3. The molecule has 0 spiro atoms. The van der Waals surface area contributed by atoms with E-state index in [1.807, 2.05) is 11.4 Å². The number of aromatic nitrogens is 1. The van der Waals surface area contributed by atoms with Gasteiger partial charge in [0, 0.05) is 6.04 Å². The fraction of sp³-hybridized carbons (Fsp3) is 0.579. The summed E-state index contributed by atoms with van der Waals surface area (Å²) >= 11 is 1.66. The average molecular weight is 377 g/mol. The van der Waals surface area contributed by atoms with Crippen molar-refractivity contribution in [1.29, 1.82) is 0 Å². The van der Waals surface area contributed by atoms with Crippen LogP contribution >= 0.6 is 11.3 Å². The van der Waals surface area contributed by atoms with Crippen LogP contribution in [0.1, 0.15) is 46.5 Å². The summed E-state index contributed by atoms with van der Waals surface area (Å²) in [5.41, 5.74) is 14.0. The van der Waals surface area contributed by atoms with Gasteiger partial charge in [-0.1, -0.05) is 20.8 Å². The number of rotatable bonds is 4. The summed E-state index contributed by atoms with van der Waals surface area (Å²) in [6.45, 7) is 6.28. The highest BCUT2D eigenvalue weighted by Gasteiger charge is 2.37. The zero-order valence-electron chi connectivity index (χ0n) is 15.6. The molecule has 5 N–H and O–H groups in total. The number of nitrogens with one attached hydrogen (secondary N) is 1. The van der Waals surface area contributed by atoms with Gasteiger partial charge in [-0.3, -0.25) is 4.98 Å². The largest absolute Gasteiger partial charge is 0.446 e. The maximum atomic E-state index is 11.3. The number of thiophene rings is 1. The van der Waals surface area contributed by atoms with E-state index in [4.69, 9.17) is 16.2 Å². The number of amides is 1. The number of nitrogens with two attached hydrogens (primary N) is 2. The fourth-order valence-electron chi connectivity index (χ4n) is 3.95. The van der Waals surface area contributed by atoms with Crippen molar-refractivity contribution in [3.05, 3.63) is 17.6 Å². The quantitative estimate of drug-likeness (QED) is 0.735. The minimum absolute atomic E-state index is 0.126. The molecule has 3 rings (SSSR count). The lowest BCUT2D eigenvalue weighted by atomic mass is 9.73. The van der Waals surface area contributed by atoms with Crippen LogP contribution in [0.25, 0.3) is 10.2 Å². The van der Waals surface area contributed by atoms with Crippen molar-refractivity contribution in [2.24, 2.45) is 17.1 Å². The SMILES string of the molecule is CC(C)(C)C(OC(N)=O)[C@H]1CC[C@H](Nc2c(N)cnc3ccsc23)CC1. The Kier molecular flexibility index (Phi) is 5.27. The minimum atomic E-state index is -0.685. The Bertz CT molecular complexity index is 775. The van der Waals surface area contributed by atoms with Crippen LogP contribution in [0, 0.1) is 11.3 Å². The van der Waals surface area contributed by atoms with E-state index in [9.17, 15) is 4.79 Å². The van der Waals surface area contributed by atoms with Gasteiger partial charge in [-0.2, -0.15) is 0 Å². The molecule has 0 saturated heterocycles. The number of carbonyl (C=O) groups excluding carboxylic acids is 1. The number of ether oxygens (including phenoxy) is 1. The molecule has 6 nitrogen and oxygen atoms in total. The minimum Gasteiger partial charge on any atom is -0.446 e. The third-order valence-electron chi connectivity index (χ3n) is 5.15. The number of pyridine rings is 1. The fourth-order valence-corrected chi connectivity index (χ4v) is 4.82. The van der Waals surface area contributed by atoms with Gasteiger partial charge in [0.1, 0.15) is 6.10 Å². The van der Waals surface area contributed by atoms with Crippen LogP contribution < -0.4 is 16.8 Å². The summed E-state index contributed by atoms with van der Waals surface area (Å²) in [6, 6.07) is 2.37. The van der Waals surface area contributed by atoms with Gasteiger partial charge < -0.3 is 21.5 Å². The van der Waals surface area contributed by atoms with Crippen LogP contribution in [-0.4, -0.2) is 23.2 Å². The van der Waals surface area contributed by atoms with E-state index >= 15 is 0 Å². The Morgan fingerprint density at radius 3 is 2.65 bits per heavy atom. The lowest BCUT2D eigenvalue weighted by Crippen LogP contribution is -2.42. The van der Waals surface area contributed by atoms with E-state index < -0.39 is 6.09 Å². The van der Waals surface area contributed by atoms with Gasteiger partial charge in [0.25, 0.3) is 0 Å². The summed E-state index contributed by atoms with van der Waals surface area (Å²) in [4.78, 5) is 15.7. The van der Waals surface area contributed by atoms with E-state index in [1.165, 1.54) is 0 Å². The molecular weight excluding hydrogens is 348 g/mol. The zero-order valence-corrected chi connectivity index (χ0v) is 16.4. The number of nitrogen functional groups attached to an aromatic ring is 1. The van der Waals surface area contributed by atoms with Gasteiger partial charge >= 0.3 is 6.09 Å². The van der Waals surface area contributed by atoms with Gasteiger partial charge in [-0.25, -0.2) is 4.79 Å². The van der Waals surface area contributed by atoms with Gasteiger partial charge in [0.05, 0.1) is 27.8 Å². The normalized spacial score (nSPS) is 22.1. The predicted octanol–water partition coefficient (Wildman–Crippen LogP) is 4.36. The Labute approximate surface area is 158 Å². The van der Waals surface area contributed by atoms with Crippen LogP contribution in [0.4, 0.5) is 16.2 Å². The summed E-state index contributed by atoms with van der Waals surface area (Å²) in [6.07, 6.45) is 4.88. The number of primary amides is 1. The Balaban J connectivity index is 1.67. The first-order valence-corrected chi connectivity index (χ1v) is 9.98. The first kappa shape index (κ1) is 18.8. The van der Waals surface area contributed by atoms with Crippen LogP contribution in [-0.2, 0) is 4.74 Å². The molecule has 26 heavy (non-hydrogen) atoms. The summed E-state index contributed by atoms with van der Waals surface area (Å²) in [7, 11) is 0. The van der Waals surface area contributed by atoms with Crippen LogP contribution in [0.3, 0.4) is 0 Å². The molecule has 0 bridgehead atoms. The van der Waals surface area contributed by atoms with Crippen molar-refractivity contribution in [2.45, 2.75) is 58.6 Å². The second-order valence-electron chi connectivity index (χ2n) is 8.20. The van der Waals surface area contributed by atoms with Gasteiger partial charge in [0.15, 0.2) is 0 Å². The van der Waals surface area contributed by atoms with Gasteiger partial charge in [-0.05, 0) is 48.5 Å². The van der Waals surface area contributed by atoms with Crippen molar-refractivity contribution in [2.75, 3.05) is 11.1 Å². The molecule has 0 radical (unpaired) electrons. The number of carbonyl (C=O) groups is 1. The molecule has 2 heterocycles. The maximum absolute atomic E-state index is 11.3. The van der Waals surface area contributed by atoms with Crippen molar-refractivity contribution >= 4 is 39.0 Å². The smallest absolute Gasteiger partial charge is 0.404 e. The first-order valence-electron chi connectivity index (χ1n) is 9.10. The monoisotopic (exact) mass is 376 g/mol. The number of anilines is 2. The van der Waals surface area contributed by atoms with E-state index in [1.54, 1.807) is 17.5 Å². The molecule has 1 saturated carbocycles. The van der Waals surface area contributed by atoms with Crippen molar-refractivity contribution in [3.8, 4) is 0 Å². The van der Waals surface area contributed by atoms with E-state index in [0.29, 0.717) is 17.6 Å². The molecule has 1 amide bonds. The molecule has 1 fully saturated rings. The van der Waals surface area contributed by atoms with Crippen molar-refractivity contribution in [3.63, 3.8) is 0 Å². The Morgan fingerprint density at radius 2 is 2.04 bits per heavy atom. The lowest BCUT2D eigenvalue weighted by Gasteiger charge is -2.39. The molecule has 7 heteroatoms.